The van der Waals surface area contributed by atoms with Gasteiger partial charge in [0, 0.05) is 17.2 Å². The Morgan fingerprint density at radius 3 is 2.62 bits per heavy atom. The summed E-state index contributed by atoms with van der Waals surface area (Å²) in [7, 11) is 0. The molecule has 0 spiro atoms. The van der Waals surface area contributed by atoms with Gasteiger partial charge in [-0.05, 0) is 49.9 Å². The second-order valence-electron chi connectivity index (χ2n) is 6.02. The molecule has 5 heteroatoms. The third kappa shape index (κ3) is 2.45. The molecule has 4 rings (SSSR count). The number of aromatic nitrogens is 1. The monoisotopic (exact) mass is 283 g/mol. The van der Waals surface area contributed by atoms with Crippen molar-refractivity contribution < 1.29 is 9.21 Å². The van der Waals surface area contributed by atoms with Crippen molar-refractivity contribution in [1.29, 1.82) is 0 Å². The number of benzene rings is 1. The Morgan fingerprint density at radius 1 is 1.29 bits per heavy atom. The van der Waals surface area contributed by atoms with Crippen LogP contribution in [0.2, 0.25) is 0 Å². The number of anilines is 1. The molecule has 2 aromatic rings. The van der Waals surface area contributed by atoms with Crippen LogP contribution < -0.4 is 11.1 Å². The first-order valence-corrected chi connectivity index (χ1v) is 7.31. The molecule has 0 atom stereocenters. The molecule has 0 radical (unpaired) electrons. The van der Waals surface area contributed by atoms with E-state index in [1.807, 2.05) is 24.3 Å². The van der Waals surface area contributed by atoms with Crippen molar-refractivity contribution in [3.05, 3.63) is 36.4 Å². The molecule has 5 nitrogen and oxygen atoms in total. The largest absolute Gasteiger partial charge is 0.440 e. The van der Waals surface area contributed by atoms with E-state index in [-0.39, 0.29) is 5.91 Å². The summed E-state index contributed by atoms with van der Waals surface area (Å²) in [5, 5.41) is 2.85. The highest BCUT2D eigenvalue weighted by Crippen LogP contribution is 2.40. The fourth-order valence-corrected chi connectivity index (χ4v) is 2.28. The molecule has 1 heterocycles. The Balaban J connectivity index is 1.48. The quantitative estimate of drug-likeness (QED) is 0.903. The van der Waals surface area contributed by atoms with Crippen LogP contribution in [0.25, 0.3) is 11.3 Å². The number of rotatable bonds is 4. The van der Waals surface area contributed by atoms with E-state index in [0.717, 1.165) is 35.7 Å². The second kappa shape index (κ2) is 4.43. The Bertz CT molecular complexity index is 682. The van der Waals surface area contributed by atoms with Crippen molar-refractivity contribution in [2.45, 2.75) is 37.1 Å². The molecule has 2 saturated carbocycles. The Hall–Kier alpha value is -2.14. The van der Waals surface area contributed by atoms with E-state index in [1.54, 1.807) is 6.20 Å². The standard InChI is InChI=1S/C16H17N3O2/c17-16(7-8-16)15(20)19-12-5-3-10(4-6-12)13-9-18-14(21-13)11-1-2-11/h3-6,9,11H,1-2,7-8,17H2,(H,19,20). The fourth-order valence-electron chi connectivity index (χ4n) is 2.28. The van der Waals surface area contributed by atoms with Crippen LogP contribution in [0.1, 0.15) is 37.5 Å². The minimum absolute atomic E-state index is 0.106. The van der Waals surface area contributed by atoms with E-state index in [2.05, 4.69) is 10.3 Å². The summed E-state index contributed by atoms with van der Waals surface area (Å²) in [6.07, 6.45) is 5.63. The van der Waals surface area contributed by atoms with Gasteiger partial charge < -0.3 is 15.5 Å². The minimum Gasteiger partial charge on any atom is -0.440 e. The van der Waals surface area contributed by atoms with E-state index in [0.29, 0.717) is 5.92 Å². The van der Waals surface area contributed by atoms with Crippen LogP contribution >= 0.6 is 0 Å². The van der Waals surface area contributed by atoms with Crippen molar-refractivity contribution in [3.8, 4) is 11.3 Å². The smallest absolute Gasteiger partial charge is 0.244 e. The number of hydrogen-bond donors (Lipinski definition) is 2. The number of nitrogens with one attached hydrogen (secondary N) is 1. The Labute approximate surface area is 122 Å². The molecule has 2 aliphatic carbocycles. The summed E-state index contributed by atoms with van der Waals surface area (Å²) in [4.78, 5) is 16.2. The summed E-state index contributed by atoms with van der Waals surface area (Å²) in [6, 6.07) is 7.56. The molecule has 2 aliphatic rings. The number of nitrogens with two attached hydrogens (primary N) is 1. The molecule has 3 N–H and O–H groups in total. The number of carbonyl (C=O) groups excluding carboxylic acids is 1. The number of carbonyl (C=O) groups is 1. The predicted molar refractivity (Wildman–Crippen MR) is 78.7 cm³/mol. The average molecular weight is 283 g/mol. The van der Waals surface area contributed by atoms with Gasteiger partial charge in [0.1, 0.15) is 0 Å². The lowest BCUT2D eigenvalue weighted by Gasteiger charge is -2.10. The minimum atomic E-state index is -0.650. The number of hydrogen-bond acceptors (Lipinski definition) is 4. The summed E-state index contributed by atoms with van der Waals surface area (Å²) >= 11 is 0. The zero-order valence-corrected chi connectivity index (χ0v) is 11.6. The molecule has 0 aliphatic heterocycles. The normalized spacial score (nSPS) is 19.3. The fraction of sp³-hybridized carbons (Fsp3) is 0.375. The summed E-state index contributed by atoms with van der Waals surface area (Å²) < 4.78 is 5.76. The molecule has 108 valence electrons. The van der Waals surface area contributed by atoms with Crippen LogP contribution in [-0.2, 0) is 4.79 Å². The van der Waals surface area contributed by atoms with E-state index in [9.17, 15) is 4.79 Å². The van der Waals surface area contributed by atoms with Crippen molar-refractivity contribution >= 4 is 11.6 Å². The summed E-state index contributed by atoms with van der Waals surface area (Å²) in [6.45, 7) is 0. The van der Waals surface area contributed by atoms with Gasteiger partial charge >= 0.3 is 0 Å². The lowest BCUT2D eigenvalue weighted by atomic mass is 10.1. The highest BCUT2D eigenvalue weighted by Gasteiger charge is 2.45. The van der Waals surface area contributed by atoms with Crippen molar-refractivity contribution in [1.82, 2.24) is 4.98 Å². The molecule has 0 bridgehead atoms. The van der Waals surface area contributed by atoms with E-state index >= 15 is 0 Å². The van der Waals surface area contributed by atoms with Gasteiger partial charge in [0.05, 0.1) is 11.7 Å². The van der Waals surface area contributed by atoms with Gasteiger partial charge in [-0.2, -0.15) is 0 Å². The maximum absolute atomic E-state index is 11.9. The van der Waals surface area contributed by atoms with Crippen LogP contribution in [0.4, 0.5) is 5.69 Å². The number of oxazole rings is 1. The molecule has 21 heavy (non-hydrogen) atoms. The first kappa shape index (κ1) is 12.6. The van der Waals surface area contributed by atoms with E-state index in [4.69, 9.17) is 10.2 Å². The third-order valence-electron chi connectivity index (χ3n) is 4.12. The number of amides is 1. The Morgan fingerprint density at radius 2 is 2.00 bits per heavy atom. The van der Waals surface area contributed by atoms with Gasteiger partial charge in [0.15, 0.2) is 11.7 Å². The first-order valence-electron chi connectivity index (χ1n) is 7.31. The highest BCUT2D eigenvalue weighted by atomic mass is 16.4. The van der Waals surface area contributed by atoms with Crippen molar-refractivity contribution in [2.24, 2.45) is 5.73 Å². The zero-order valence-electron chi connectivity index (χ0n) is 11.6. The van der Waals surface area contributed by atoms with Crippen LogP contribution in [0, 0.1) is 0 Å². The molecule has 1 aromatic heterocycles. The van der Waals surface area contributed by atoms with Crippen LogP contribution in [-0.4, -0.2) is 16.4 Å². The lowest BCUT2D eigenvalue weighted by Crippen LogP contribution is -2.37. The maximum Gasteiger partial charge on any atom is 0.244 e. The highest BCUT2D eigenvalue weighted by molar-refractivity contribution is 6.00. The van der Waals surface area contributed by atoms with Gasteiger partial charge in [-0.25, -0.2) is 4.98 Å². The molecule has 2 fully saturated rings. The maximum atomic E-state index is 11.9. The van der Waals surface area contributed by atoms with Crippen LogP contribution in [0.15, 0.2) is 34.9 Å². The van der Waals surface area contributed by atoms with Gasteiger partial charge in [0.25, 0.3) is 0 Å². The molecular weight excluding hydrogens is 266 g/mol. The molecule has 1 amide bonds. The predicted octanol–water partition coefficient (Wildman–Crippen LogP) is 2.65. The van der Waals surface area contributed by atoms with E-state index in [1.165, 1.54) is 12.8 Å². The SMILES string of the molecule is NC1(C(=O)Nc2ccc(-c3cnc(C4CC4)o3)cc2)CC1. The molecule has 1 aromatic carbocycles. The molecule has 0 unspecified atom stereocenters. The zero-order chi connectivity index (χ0) is 14.4. The molecular formula is C16H17N3O2. The van der Waals surface area contributed by atoms with Crippen LogP contribution in [0.5, 0.6) is 0 Å². The van der Waals surface area contributed by atoms with Crippen LogP contribution in [0.3, 0.4) is 0 Å². The van der Waals surface area contributed by atoms with Crippen molar-refractivity contribution in [3.63, 3.8) is 0 Å². The van der Waals surface area contributed by atoms with Gasteiger partial charge in [-0.15, -0.1) is 0 Å². The first-order chi connectivity index (χ1) is 10.1. The van der Waals surface area contributed by atoms with Gasteiger partial charge in [0.2, 0.25) is 5.91 Å². The lowest BCUT2D eigenvalue weighted by molar-refractivity contribution is -0.118. The van der Waals surface area contributed by atoms with Crippen molar-refractivity contribution in [2.75, 3.05) is 5.32 Å². The van der Waals surface area contributed by atoms with E-state index < -0.39 is 5.54 Å². The summed E-state index contributed by atoms with van der Waals surface area (Å²) in [5.41, 5.74) is 6.92. The number of nitrogens with zero attached hydrogens (tertiary/aromatic N) is 1. The van der Waals surface area contributed by atoms with Gasteiger partial charge in [-0.1, -0.05) is 0 Å². The second-order valence-corrected chi connectivity index (χ2v) is 6.02. The topological polar surface area (TPSA) is 81.2 Å². The third-order valence-corrected chi connectivity index (χ3v) is 4.12. The molecule has 0 saturated heterocycles. The average Bonchev–Trinajstić information content (AvgIpc) is 3.41. The van der Waals surface area contributed by atoms with Gasteiger partial charge in [-0.3, -0.25) is 4.79 Å². The summed E-state index contributed by atoms with van der Waals surface area (Å²) in [5.74, 6) is 2.01. The Kier molecular flexibility index (Phi) is 2.65.